The first-order valence-corrected chi connectivity index (χ1v) is 16.7. The highest BCUT2D eigenvalue weighted by atomic mass is 16.6. The Morgan fingerprint density at radius 2 is 1.80 bits per heavy atom. The number of nitrogens with two attached hydrogens (primary N) is 1. The van der Waals surface area contributed by atoms with Crippen molar-refractivity contribution in [3.63, 3.8) is 0 Å². The van der Waals surface area contributed by atoms with Crippen LogP contribution in [0.3, 0.4) is 0 Å². The van der Waals surface area contributed by atoms with E-state index < -0.39 is 6.09 Å². The molecular formula is C38H42N8O5. The molecule has 1 fully saturated rings. The van der Waals surface area contributed by atoms with Crippen LogP contribution in [0.5, 0.6) is 5.75 Å². The predicted molar refractivity (Wildman–Crippen MR) is 195 cm³/mol. The number of methoxy groups -OCH3 is 1. The summed E-state index contributed by atoms with van der Waals surface area (Å²) in [6.07, 6.45) is 2.66. The second-order valence-corrected chi connectivity index (χ2v) is 12.3. The Hall–Kier alpha value is -6.00. The summed E-state index contributed by atoms with van der Waals surface area (Å²) in [5.74, 6) is -0.172. The van der Waals surface area contributed by atoms with Crippen LogP contribution < -0.4 is 20.7 Å². The van der Waals surface area contributed by atoms with Crippen LogP contribution in [0.4, 0.5) is 16.2 Å². The number of nitrogen functional groups attached to an aromatic ring is 1. The molecule has 13 heteroatoms. The highest BCUT2D eigenvalue weighted by Crippen LogP contribution is 2.29. The molecule has 51 heavy (non-hydrogen) atoms. The smallest absolute Gasteiger partial charge is 0.413 e. The molecule has 0 spiro atoms. The summed E-state index contributed by atoms with van der Waals surface area (Å²) in [7, 11) is 2.90. The zero-order valence-corrected chi connectivity index (χ0v) is 29.0. The van der Waals surface area contributed by atoms with Gasteiger partial charge in [0.2, 0.25) is 17.7 Å². The maximum absolute atomic E-state index is 13.8. The van der Waals surface area contributed by atoms with E-state index in [9.17, 15) is 19.6 Å². The number of carbonyl (C=O) groups excluding carboxylic acids is 3. The van der Waals surface area contributed by atoms with E-state index in [0.29, 0.717) is 84.9 Å². The number of nitriles is 1. The van der Waals surface area contributed by atoms with Crippen molar-refractivity contribution >= 4 is 46.5 Å². The first kappa shape index (κ1) is 36.3. The van der Waals surface area contributed by atoms with Crippen molar-refractivity contribution in [2.24, 2.45) is 5.92 Å². The predicted octanol–water partition coefficient (Wildman–Crippen LogP) is 4.24. The molecule has 5 N–H and O–H groups in total. The van der Waals surface area contributed by atoms with Gasteiger partial charge in [0.25, 0.3) is 0 Å². The standard InChI is InChI=1S/C38H42N8O5/c1-4-46(30-11-12-32(40)31(20-30)35(41)27-9-10-28(21-39)33(19-27)50-3)37(48)29-13-16-44(22-29)23-34(47)45-17-14-25(15-18-45)24-5-7-26(8-6-24)36(42)51-38(49)43-2/h5-12,14,19-20,29,41-42H,4,13,15-18,22-23,40H2,1-3H3,(H,43,49)/t29-/m1/s1. The molecule has 0 radical (unpaired) electrons. The van der Waals surface area contributed by atoms with E-state index in [-0.39, 0.29) is 35.9 Å². The van der Waals surface area contributed by atoms with Crippen LogP contribution in [-0.4, -0.2) is 92.7 Å². The fourth-order valence-corrected chi connectivity index (χ4v) is 6.37. The number of alkyl carbamates (subject to hydrolysis) is 1. The lowest BCUT2D eigenvalue weighted by Crippen LogP contribution is -2.42. The fourth-order valence-electron chi connectivity index (χ4n) is 6.37. The minimum Gasteiger partial charge on any atom is -0.495 e. The second kappa shape index (κ2) is 16.1. The molecule has 13 nitrogen and oxygen atoms in total. The molecule has 3 amide bonds. The Kier molecular flexibility index (Phi) is 11.5. The summed E-state index contributed by atoms with van der Waals surface area (Å²) in [5, 5.41) is 28.5. The van der Waals surface area contributed by atoms with Gasteiger partial charge in [-0.25, -0.2) is 4.79 Å². The van der Waals surface area contributed by atoms with Gasteiger partial charge in [0.1, 0.15) is 11.8 Å². The average molecular weight is 691 g/mol. The van der Waals surface area contributed by atoms with Gasteiger partial charge in [-0.1, -0.05) is 24.3 Å². The number of hydrogen-bond donors (Lipinski definition) is 4. The van der Waals surface area contributed by atoms with Crippen molar-refractivity contribution in [2.45, 2.75) is 19.8 Å². The van der Waals surface area contributed by atoms with E-state index in [2.05, 4.69) is 11.4 Å². The Bertz CT molecular complexity index is 1920. The molecule has 0 aromatic heterocycles. The van der Waals surface area contributed by atoms with Crippen LogP contribution in [0.25, 0.3) is 5.57 Å². The fraction of sp³-hybridized carbons (Fsp3) is 0.316. The van der Waals surface area contributed by atoms with Crippen molar-refractivity contribution in [3.8, 4) is 11.8 Å². The summed E-state index contributed by atoms with van der Waals surface area (Å²) < 4.78 is 10.2. The number of likely N-dealkylation sites (tertiary alicyclic amines) is 1. The number of hydrogen-bond acceptors (Lipinski definition) is 10. The van der Waals surface area contributed by atoms with E-state index in [4.69, 9.17) is 26.0 Å². The SMILES string of the molecule is CCN(C(=O)[C@@H]1CCN(CC(=O)N2CC=C(c3ccc(C(=N)OC(=O)NC)cc3)CC2)C1)c1ccc(N)c(C(=N)c2ccc(C#N)c(OC)c2)c1. The maximum atomic E-state index is 13.8. The van der Waals surface area contributed by atoms with Gasteiger partial charge in [-0.05, 0) is 79.9 Å². The highest BCUT2D eigenvalue weighted by Gasteiger charge is 2.33. The third-order valence-electron chi connectivity index (χ3n) is 9.27. The molecule has 264 valence electrons. The highest BCUT2D eigenvalue weighted by molar-refractivity contribution is 6.15. The van der Waals surface area contributed by atoms with Crippen molar-refractivity contribution in [2.75, 3.05) is 64.1 Å². The van der Waals surface area contributed by atoms with Crippen molar-refractivity contribution in [1.82, 2.24) is 15.1 Å². The summed E-state index contributed by atoms with van der Waals surface area (Å²) in [6.45, 7) is 4.73. The molecule has 2 aliphatic rings. The largest absolute Gasteiger partial charge is 0.495 e. The van der Waals surface area contributed by atoms with E-state index in [1.165, 1.54) is 14.2 Å². The number of nitrogens with zero attached hydrogens (tertiary/aromatic N) is 4. The summed E-state index contributed by atoms with van der Waals surface area (Å²) in [4.78, 5) is 44.1. The zero-order chi connectivity index (χ0) is 36.7. The summed E-state index contributed by atoms with van der Waals surface area (Å²) >= 11 is 0. The number of rotatable bonds is 10. The van der Waals surface area contributed by atoms with Gasteiger partial charge in [-0.2, -0.15) is 5.26 Å². The molecule has 0 aliphatic carbocycles. The van der Waals surface area contributed by atoms with Gasteiger partial charge >= 0.3 is 6.09 Å². The number of nitrogens with one attached hydrogen (secondary N) is 3. The van der Waals surface area contributed by atoms with Crippen LogP contribution >= 0.6 is 0 Å². The molecule has 0 saturated carbocycles. The molecule has 5 rings (SSSR count). The third-order valence-corrected chi connectivity index (χ3v) is 9.27. The third kappa shape index (κ3) is 8.25. The van der Waals surface area contributed by atoms with Crippen molar-refractivity contribution in [3.05, 3.63) is 94.6 Å². The first-order valence-electron chi connectivity index (χ1n) is 16.7. The van der Waals surface area contributed by atoms with Crippen LogP contribution in [0.15, 0.2) is 66.7 Å². The van der Waals surface area contributed by atoms with E-state index in [1.54, 1.807) is 53.4 Å². The molecule has 2 heterocycles. The number of benzene rings is 3. The molecule has 1 atom stereocenters. The number of anilines is 2. The molecule has 0 unspecified atom stereocenters. The Morgan fingerprint density at radius 1 is 1.06 bits per heavy atom. The molecule has 3 aromatic rings. The van der Waals surface area contributed by atoms with Gasteiger partial charge in [-0.3, -0.25) is 25.3 Å². The van der Waals surface area contributed by atoms with Gasteiger partial charge in [0.05, 0.1) is 30.8 Å². The van der Waals surface area contributed by atoms with Crippen LogP contribution in [0.1, 0.15) is 47.6 Å². The second-order valence-electron chi connectivity index (χ2n) is 12.3. The Balaban J connectivity index is 1.17. The van der Waals surface area contributed by atoms with Crippen LogP contribution in [0, 0.1) is 28.1 Å². The van der Waals surface area contributed by atoms with Gasteiger partial charge in [0.15, 0.2) is 0 Å². The number of carbonyl (C=O) groups is 3. The average Bonchev–Trinajstić information content (AvgIpc) is 3.63. The lowest BCUT2D eigenvalue weighted by molar-refractivity contribution is -0.132. The molecule has 1 saturated heterocycles. The van der Waals surface area contributed by atoms with Crippen molar-refractivity contribution in [1.29, 1.82) is 16.1 Å². The first-order chi connectivity index (χ1) is 24.6. The molecule has 0 bridgehead atoms. The number of amides is 3. The molecule has 2 aliphatic heterocycles. The van der Waals surface area contributed by atoms with E-state index in [1.807, 2.05) is 34.9 Å². The lowest BCUT2D eigenvalue weighted by Gasteiger charge is -2.29. The van der Waals surface area contributed by atoms with Gasteiger partial charge in [0, 0.05) is 61.3 Å². The van der Waals surface area contributed by atoms with E-state index in [0.717, 1.165) is 11.1 Å². The quantitative estimate of drug-likeness (QED) is 0.138. The molecule has 3 aromatic carbocycles. The zero-order valence-electron chi connectivity index (χ0n) is 29.0. The minimum atomic E-state index is -0.697. The Morgan fingerprint density at radius 3 is 2.45 bits per heavy atom. The normalized spacial score (nSPS) is 15.7. The van der Waals surface area contributed by atoms with Crippen LogP contribution in [-0.2, 0) is 14.3 Å². The number of ether oxygens (including phenoxy) is 2. The Labute approximate surface area is 297 Å². The van der Waals surface area contributed by atoms with Crippen molar-refractivity contribution < 1.29 is 23.9 Å². The summed E-state index contributed by atoms with van der Waals surface area (Å²) in [6, 6.07) is 19.4. The monoisotopic (exact) mass is 690 g/mol. The van der Waals surface area contributed by atoms with Gasteiger partial charge < -0.3 is 30.3 Å². The maximum Gasteiger partial charge on any atom is 0.413 e. The minimum absolute atomic E-state index is 0.0158. The molecular weight excluding hydrogens is 648 g/mol. The topological polar surface area (TPSA) is 189 Å². The lowest BCUT2D eigenvalue weighted by atomic mass is 9.98. The summed E-state index contributed by atoms with van der Waals surface area (Å²) in [5.41, 5.74) is 11.4. The van der Waals surface area contributed by atoms with Crippen LogP contribution in [0.2, 0.25) is 0 Å². The van der Waals surface area contributed by atoms with E-state index >= 15 is 0 Å². The van der Waals surface area contributed by atoms with Gasteiger partial charge in [-0.15, -0.1) is 0 Å².